The average Bonchev–Trinajstić information content (AvgIpc) is 3.42. The van der Waals surface area contributed by atoms with Crippen molar-refractivity contribution in [3.05, 3.63) is 51.2 Å². The number of fused-ring (bicyclic) bond motifs is 2. The summed E-state index contributed by atoms with van der Waals surface area (Å²) in [4.78, 5) is 37.2. The standard InChI is InChI=1S/C23H25F2N5O3S/c1-12(20(32)29-22-28-16-7-13-3-2-4-14(13)8-19(16)34-22)30-6-5-23(24,25)15(10-30)17-9-26-21(33)18(11-31)27-17/h7-9,12,15,31H,2-6,10-11H2,1H3,(H,26,33)(H,28,29,32). The van der Waals surface area contributed by atoms with Crippen LogP contribution in [0.1, 0.15) is 48.2 Å². The summed E-state index contributed by atoms with van der Waals surface area (Å²) >= 11 is 1.41. The lowest BCUT2D eigenvalue weighted by molar-refractivity contribution is -0.125. The van der Waals surface area contributed by atoms with Gasteiger partial charge in [-0.25, -0.2) is 18.7 Å². The molecule has 1 fully saturated rings. The minimum Gasteiger partial charge on any atom is -0.390 e. The SMILES string of the molecule is CC(C(=O)Nc1nc2cc3c(cc2s1)CCC3)N1CCC(F)(F)C(c2c[nH]c(=O)c(CO)n2)C1. The van der Waals surface area contributed by atoms with Crippen LogP contribution in [0.15, 0.2) is 23.1 Å². The third kappa shape index (κ3) is 4.23. The summed E-state index contributed by atoms with van der Waals surface area (Å²) in [5, 5.41) is 12.6. The Labute approximate surface area is 198 Å². The molecule has 11 heteroatoms. The fourth-order valence-electron chi connectivity index (χ4n) is 4.76. The number of carbonyl (C=O) groups excluding carboxylic acids is 1. The molecule has 8 nitrogen and oxygen atoms in total. The third-order valence-electron chi connectivity index (χ3n) is 6.80. The van der Waals surface area contributed by atoms with Gasteiger partial charge < -0.3 is 15.4 Å². The number of amides is 1. The van der Waals surface area contributed by atoms with Gasteiger partial charge >= 0.3 is 0 Å². The molecule has 0 bridgehead atoms. The number of rotatable bonds is 5. The summed E-state index contributed by atoms with van der Waals surface area (Å²) in [5.74, 6) is -4.69. The number of alkyl halides is 2. The summed E-state index contributed by atoms with van der Waals surface area (Å²) in [6.07, 6.45) is 3.97. The molecule has 3 N–H and O–H groups in total. The number of aromatic amines is 1. The maximum absolute atomic E-state index is 14.8. The number of likely N-dealkylation sites (tertiary alicyclic amines) is 1. The van der Waals surface area contributed by atoms with E-state index in [0.29, 0.717) is 5.13 Å². The van der Waals surface area contributed by atoms with Crippen molar-refractivity contribution in [2.45, 2.75) is 57.1 Å². The lowest BCUT2D eigenvalue weighted by Crippen LogP contribution is -2.52. The van der Waals surface area contributed by atoms with Crippen molar-refractivity contribution in [2.75, 3.05) is 18.4 Å². The molecule has 0 saturated carbocycles. The Bertz CT molecular complexity index is 1270. The van der Waals surface area contributed by atoms with Crippen molar-refractivity contribution in [3.8, 4) is 0 Å². The van der Waals surface area contributed by atoms with E-state index in [1.807, 2.05) is 0 Å². The molecule has 34 heavy (non-hydrogen) atoms. The number of aromatic nitrogens is 3. The van der Waals surface area contributed by atoms with Gasteiger partial charge in [0.05, 0.1) is 34.5 Å². The lowest BCUT2D eigenvalue weighted by atomic mass is 9.89. The van der Waals surface area contributed by atoms with Crippen molar-refractivity contribution >= 4 is 32.6 Å². The number of piperidine rings is 1. The van der Waals surface area contributed by atoms with Gasteiger partial charge in [0.1, 0.15) is 5.69 Å². The van der Waals surface area contributed by atoms with E-state index in [9.17, 15) is 23.5 Å². The van der Waals surface area contributed by atoms with Crippen LogP contribution in [0.4, 0.5) is 13.9 Å². The summed E-state index contributed by atoms with van der Waals surface area (Å²) in [6.45, 7) is 0.964. The Morgan fingerprint density at radius 1 is 1.35 bits per heavy atom. The Morgan fingerprint density at radius 3 is 2.88 bits per heavy atom. The number of aliphatic hydroxyl groups is 1. The van der Waals surface area contributed by atoms with E-state index >= 15 is 0 Å². The maximum atomic E-state index is 14.8. The first-order chi connectivity index (χ1) is 16.2. The molecule has 3 aromatic rings. The Balaban J connectivity index is 1.32. The number of hydrogen-bond donors (Lipinski definition) is 3. The first kappa shape index (κ1) is 23.0. The van der Waals surface area contributed by atoms with Crippen LogP contribution in [0, 0.1) is 0 Å². The van der Waals surface area contributed by atoms with Crippen LogP contribution in [0.25, 0.3) is 10.2 Å². The Kier molecular flexibility index (Phi) is 5.95. The van der Waals surface area contributed by atoms with Crippen molar-refractivity contribution in [1.29, 1.82) is 0 Å². The van der Waals surface area contributed by atoms with E-state index in [2.05, 4.69) is 32.4 Å². The molecule has 1 aromatic carbocycles. The molecule has 1 aliphatic heterocycles. The van der Waals surface area contributed by atoms with Gasteiger partial charge in [-0.15, -0.1) is 0 Å². The minimum atomic E-state index is -3.06. The van der Waals surface area contributed by atoms with Crippen LogP contribution in [0.2, 0.25) is 0 Å². The molecule has 1 saturated heterocycles. The summed E-state index contributed by atoms with van der Waals surface area (Å²) in [5.41, 5.74) is 2.67. The first-order valence-corrected chi connectivity index (χ1v) is 12.1. The number of benzene rings is 1. The number of hydrogen-bond acceptors (Lipinski definition) is 7. The smallest absolute Gasteiger partial charge is 0.272 e. The molecule has 5 rings (SSSR count). The van der Waals surface area contributed by atoms with Crippen molar-refractivity contribution < 1.29 is 18.7 Å². The van der Waals surface area contributed by atoms with Gasteiger partial charge in [0.15, 0.2) is 5.13 Å². The van der Waals surface area contributed by atoms with Gasteiger partial charge in [-0.2, -0.15) is 0 Å². The lowest BCUT2D eigenvalue weighted by Gasteiger charge is -2.40. The molecule has 2 unspecified atom stereocenters. The zero-order chi connectivity index (χ0) is 24.0. The van der Waals surface area contributed by atoms with Gasteiger partial charge in [-0.3, -0.25) is 14.5 Å². The first-order valence-electron chi connectivity index (χ1n) is 11.3. The van der Waals surface area contributed by atoms with Gasteiger partial charge in [-0.05, 0) is 49.4 Å². The minimum absolute atomic E-state index is 0.00909. The summed E-state index contributed by atoms with van der Waals surface area (Å²) in [6, 6.07) is 3.56. The molecule has 3 heterocycles. The highest BCUT2D eigenvalue weighted by molar-refractivity contribution is 7.22. The molecule has 1 amide bonds. The molecule has 2 aromatic heterocycles. The zero-order valence-corrected chi connectivity index (χ0v) is 19.4. The van der Waals surface area contributed by atoms with Gasteiger partial charge in [0, 0.05) is 25.7 Å². The van der Waals surface area contributed by atoms with Gasteiger partial charge in [-0.1, -0.05) is 11.3 Å². The topological polar surface area (TPSA) is 111 Å². The predicted octanol–water partition coefficient (Wildman–Crippen LogP) is 2.81. The van der Waals surface area contributed by atoms with E-state index in [-0.39, 0.29) is 30.4 Å². The van der Waals surface area contributed by atoms with Crippen LogP contribution in [-0.4, -0.2) is 55.9 Å². The van der Waals surface area contributed by atoms with Crippen LogP contribution in [0.3, 0.4) is 0 Å². The highest BCUT2D eigenvalue weighted by Gasteiger charge is 2.47. The number of thiazole rings is 1. The fraction of sp³-hybridized carbons (Fsp3) is 0.478. The molecular formula is C23H25F2N5O3S. The zero-order valence-electron chi connectivity index (χ0n) is 18.6. The number of aryl methyl sites for hydroxylation is 2. The largest absolute Gasteiger partial charge is 0.390 e. The normalized spacial score (nSPS) is 20.9. The molecular weight excluding hydrogens is 464 g/mol. The number of carbonyl (C=O) groups is 1. The third-order valence-corrected chi connectivity index (χ3v) is 7.74. The summed E-state index contributed by atoms with van der Waals surface area (Å²) < 4.78 is 30.5. The summed E-state index contributed by atoms with van der Waals surface area (Å²) in [7, 11) is 0. The van der Waals surface area contributed by atoms with E-state index < -0.39 is 36.5 Å². The molecule has 0 radical (unpaired) electrons. The molecule has 1 aliphatic carbocycles. The number of anilines is 1. The second-order valence-electron chi connectivity index (χ2n) is 8.94. The molecule has 2 atom stereocenters. The quantitative estimate of drug-likeness (QED) is 0.508. The van der Waals surface area contributed by atoms with Gasteiger partial charge in [0.2, 0.25) is 5.91 Å². The Hall–Kier alpha value is -2.76. The van der Waals surface area contributed by atoms with E-state index in [1.54, 1.807) is 11.8 Å². The highest BCUT2D eigenvalue weighted by Crippen LogP contribution is 2.40. The number of H-pyrrole nitrogens is 1. The number of nitrogens with zero attached hydrogens (tertiary/aromatic N) is 3. The molecule has 180 valence electrons. The number of halogens is 2. The fourth-order valence-corrected chi connectivity index (χ4v) is 5.67. The second-order valence-corrected chi connectivity index (χ2v) is 9.97. The van der Waals surface area contributed by atoms with Crippen LogP contribution in [-0.2, 0) is 24.2 Å². The van der Waals surface area contributed by atoms with Crippen LogP contribution in [0.5, 0.6) is 0 Å². The van der Waals surface area contributed by atoms with E-state index in [4.69, 9.17) is 0 Å². The van der Waals surface area contributed by atoms with E-state index in [1.165, 1.54) is 22.5 Å². The van der Waals surface area contributed by atoms with Crippen molar-refractivity contribution in [3.63, 3.8) is 0 Å². The Morgan fingerprint density at radius 2 is 2.12 bits per heavy atom. The predicted molar refractivity (Wildman–Crippen MR) is 124 cm³/mol. The van der Waals surface area contributed by atoms with Crippen LogP contribution < -0.4 is 10.9 Å². The van der Waals surface area contributed by atoms with Crippen molar-refractivity contribution in [1.82, 2.24) is 19.9 Å². The van der Waals surface area contributed by atoms with Gasteiger partial charge in [0.25, 0.3) is 11.5 Å². The average molecular weight is 490 g/mol. The number of aliphatic hydroxyl groups excluding tert-OH is 1. The van der Waals surface area contributed by atoms with E-state index in [0.717, 1.165) is 35.7 Å². The molecule has 0 spiro atoms. The van der Waals surface area contributed by atoms with Crippen molar-refractivity contribution in [2.24, 2.45) is 0 Å². The molecule has 2 aliphatic rings. The highest BCUT2D eigenvalue weighted by atomic mass is 32.1. The maximum Gasteiger partial charge on any atom is 0.272 e. The second kappa shape index (κ2) is 8.79. The monoisotopic (exact) mass is 489 g/mol. The van der Waals surface area contributed by atoms with Crippen LogP contribution >= 0.6 is 11.3 Å². The number of nitrogens with one attached hydrogen (secondary N) is 2.